The Kier molecular flexibility index (Phi) is 5.16. The molecular weight excluding hydrogens is 354 g/mol. The SMILES string of the molecule is CC(C)(C)C(CC(=O)O)NS(=O)(=O)c1ccc(Br)s1. The molecule has 8 heteroatoms. The lowest BCUT2D eigenvalue weighted by Crippen LogP contribution is -2.44. The first-order chi connectivity index (χ1) is 8.52. The average Bonchev–Trinajstić information content (AvgIpc) is 2.62. The third kappa shape index (κ3) is 4.87. The van der Waals surface area contributed by atoms with Gasteiger partial charge in [-0.1, -0.05) is 20.8 Å². The zero-order valence-electron chi connectivity index (χ0n) is 10.8. The number of carboxylic acid groups (broad SMARTS) is 1. The minimum atomic E-state index is -3.69. The van der Waals surface area contributed by atoms with E-state index in [0.29, 0.717) is 3.79 Å². The molecule has 0 amide bonds. The number of hydrogen-bond acceptors (Lipinski definition) is 4. The number of halogens is 1. The summed E-state index contributed by atoms with van der Waals surface area (Å²) in [4.78, 5) is 10.8. The summed E-state index contributed by atoms with van der Waals surface area (Å²) < 4.78 is 27.7. The van der Waals surface area contributed by atoms with Gasteiger partial charge in [0.25, 0.3) is 0 Å². The molecule has 1 rings (SSSR count). The minimum Gasteiger partial charge on any atom is -0.481 e. The van der Waals surface area contributed by atoms with Crippen LogP contribution in [0.25, 0.3) is 0 Å². The lowest BCUT2D eigenvalue weighted by molar-refractivity contribution is -0.138. The van der Waals surface area contributed by atoms with Crippen molar-refractivity contribution in [3.05, 3.63) is 15.9 Å². The van der Waals surface area contributed by atoms with Crippen LogP contribution in [0.4, 0.5) is 0 Å². The molecule has 1 heterocycles. The molecule has 108 valence electrons. The van der Waals surface area contributed by atoms with E-state index in [2.05, 4.69) is 20.7 Å². The van der Waals surface area contributed by atoms with Crippen molar-refractivity contribution < 1.29 is 18.3 Å². The number of aliphatic carboxylic acids is 1. The van der Waals surface area contributed by atoms with E-state index in [1.165, 1.54) is 6.07 Å². The van der Waals surface area contributed by atoms with Gasteiger partial charge in [0.15, 0.2) is 0 Å². The van der Waals surface area contributed by atoms with Gasteiger partial charge in [0.05, 0.1) is 10.2 Å². The zero-order valence-corrected chi connectivity index (χ0v) is 14.0. The summed E-state index contributed by atoms with van der Waals surface area (Å²) in [6.07, 6.45) is -0.255. The van der Waals surface area contributed by atoms with E-state index < -0.39 is 27.4 Å². The highest BCUT2D eigenvalue weighted by molar-refractivity contribution is 9.11. The van der Waals surface area contributed by atoms with Crippen molar-refractivity contribution >= 4 is 43.3 Å². The molecule has 1 unspecified atom stereocenters. The monoisotopic (exact) mass is 369 g/mol. The van der Waals surface area contributed by atoms with Crippen LogP contribution in [0.1, 0.15) is 27.2 Å². The summed E-state index contributed by atoms with van der Waals surface area (Å²) in [5.41, 5.74) is -0.486. The lowest BCUT2D eigenvalue weighted by atomic mass is 9.85. The van der Waals surface area contributed by atoms with Crippen molar-refractivity contribution in [3.8, 4) is 0 Å². The van der Waals surface area contributed by atoms with E-state index in [0.717, 1.165) is 11.3 Å². The van der Waals surface area contributed by atoms with Crippen LogP contribution in [-0.4, -0.2) is 25.5 Å². The van der Waals surface area contributed by atoms with Gasteiger partial charge in [-0.3, -0.25) is 4.79 Å². The maximum absolute atomic E-state index is 12.2. The van der Waals surface area contributed by atoms with Crippen molar-refractivity contribution in [2.75, 3.05) is 0 Å². The number of carbonyl (C=O) groups is 1. The Hall–Kier alpha value is -0.440. The second kappa shape index (κ2) is 5.90. The Morgan fingerprint density at radius 2 is 2.05 bits per heavy atom. The molecule has 0 bridgehead atoms. The molecule has 0 fully saturated rings. The maximum Gasteiger partial charge on any atom is 0.304 e. The number of sulfonamides is 1. The summed E-state index contributed by atoms with van der Waals surface area (Å²) in [7, 11) is -3.69. The van der Waals surface area contributed by atoms with Crippen molar-refractivity contribution in [1.29, 1.82) is 0 Å². The predicted octanol–water partition coefficient (Wildman–Crippen LogP) is 2.68. The van der Waals surface area contributed by atoms with Gasteiger partial charge in [-0.05, 0) is 33.5 Å². The first-order valence-corrected chi connectivity index (χ1v) is 8.61. The Bertz CT molecular complexity index is 559. The van der Waals surface area contributed by atoms with E-state index in [1.54, 1.807) is 26.8 Å². The Morgan fingerprint density at radius 3 is 2.42 bits per heavy atom. The van der Waals surface area contributed by atoms with Crippen molar-refractivity contribution in [3.63, 3.8) is 0 Å². The molecule has 0 aliphatic rings. The summed E-state index contributed by atoms with van der Waals surface area (Å²) >= 11 is 4.29. The van der Waals surface area contributed by atoms with Crippen LogP contribution in [0.3, 0.4) is 0 Å². The molecule has 5 nitrogen and oxygen atoms in total. The molecule has 0 aliphatic carbocycles. The molecule has 0 saturated carbocycles. The fraction of sp³-hybridized carbons (Fsp3) is 0.545. The Balaban J connectivity index is 2.99. The highest BCUT2D eigenvalue weighted by atomic mass is 79.9. The Labute approximate surface area is 125 Å². The van der Waals surface area contributed by atoms with E-state index >= 15 is 0 Å². The van der Waals surface area contributed by atoms with E-state index in [4.69, 9.17) is 5.11 Å². The summed E-state index contributed by atoms with van der Waals surface area (Å²) in [5, 5.41) is 8.88. The molecular formula is C11H16BrNO4S2. The Morgan fingerprint density at radius 1 is 1.47 bits per heavy atom. The van der Waals surface area contributed by atoms with E-state index in [1.807, 2.05) is 0 Å². The average molecular weight is 370 g/mol. The van der Waals surface area contributed by atoms with Crippen LogP contribution in [-0.2, 0) is 14.8 Å². The molecule has 0 saturated heterocycles. The van der Waals surface area contributed by atoms with Crippen LogP contribution in [0.15, 0.2) is 20.1 Å². The van der Waals surface area contributed by atoms with Crippen molar-refractivity contribution in [2.45, 2.75) is 37.4 Å². The van der Waals surface area contributed by atoms with Crippen LogP contribution < -0.4 is 4.72 Å². The second-order valence-electron chi connectivity index (χ2n) is 5.20. The third-order valence-electron chi connectivity index (χ3n) is 2.53. The fourth-order valence-electron chi connectivity index (χ4n) is 1.39. The summed E-state index contributed by atoms with van der Waals surface area (Å²) in [6, 6.07) is 2.45. The van der Waals surface area contributed by atoms with Crippen LogP contribution >= 0.6 is 27.3 Å². The van der Waals surface area contributed by atoms with Gasteiger partial charge in [-0.15, -0.1) is 11.3 Å². The standard InChI is InChI=1S/C11H16BrNO4S2/c1-11(2,3)7(6-9(14)15)13-19(16,17)10-5-4-8(12)18-10/h4-5,7,13H,6H2,1-3H3,(H,14,15). The highest BCUT2D eigenvalue weighted by Crippen LogP contribution is 2.28. The largest absolute Gasteiger partial charge is 0.481 e. The lowest BCUT2D eigenvalue weighted by Gasteiger charge is -2.29. The summed E-state index contributed by atoms with van der Waals surface area (Å²) in [6.45, 7) is 5.40. The number of hydrogen-bond donors (Lipinski definition) is 2. The topological polar surface area (TPSA) is 83.5 Å². The van der Waals surface area contributed by atoms with Crippen LogP contribution in [0, 0.1) is 5.41 Å². The zero-order chi connectivity index (χ0) is 14.8. The number of carboxylic acids is 1. The number of thiophene rings is 1. The molecule has 1 atom stereocenters. The minimum absolute atomic E-state index is 0.166. The van der Waals surface area contributed by atoms with E-state index in [-0.39, 0.29) is 10.6 Å². The maximum atomic E-state index is 12.2. The highest BCUT2D eigenvalue weighted by Gasteiger charge is 2.31. The molecule has 0 spiro atoms. The number of nitrogens with one attached hydrogen (secondary N) is 1. The number of rotatable bonds is 5. The molecule has 0 radical (unpaired) electrons. The van der Waals surface area contributed by atoms with Gasteiger partial charge >= 0.3 is 5.97 Å². The molecule has 0 aromatic carbocycles. The fourth-order valence-corrected chi connectivity index (χ4v) is 4.86. The van der Waals surface area contributed by atoms with E-state index in [9.17, 15) is 13.2 Å². The molecule has 1 aromatic heterocycles. The first kappa shape index (κ1) is 16.6. The smallest absolute Gasteiger partial charge is 0.304 e. The second-order valence-corrected chi connectivity index (χ2v) is 9.60. The molecule has 19 heavy (non-hydrogen) atoms. The van der Waals surface area contributed by atoms with Gasteiger partial charge in [0.2, 0.25) is 10.0 Å². The van der Waals surface area contributed by atoms with Crippen LogP contribution in [0.2, 0.25) is 0 Å². The van der Waals surface area contributed by atoms with Crippen molar-refractivity contribution in [1.82, 2.24) is 4.72 Å². The van der Waals surface area contributed by atoms with Gasteiger partial charge in [-0.25, -0.2) is 13.1 Å². The van der Waals surface area contributed by atoms with Gasteiger partial charge in [0, 0.05) is 6.04 Å². The molecule has 0 aliphatic heterocycles. The van der Waals surface area contributed by atoms with Crippen LogP contribution in [0.5, 0.6) is 0 Å². The summed E-state index contributed by atoms with van der Waals surface area (Å²) in [5.74, 6) is -1.03. The quantitative estimate of drug-likeness (QED) is 0.835. The molecule has 1 aromatic rings. The van der Waals surface area contributed by atoms with Gasteiger partial charge < -0.3 is 5.11 Å². The molecule has 2 N–H and O–H groups in total. The predicted molar refractivity (Wildman–Crippen MR) is 77.8 cm³/mol. The first-order valence-electron chi connectivity index (χ1n) is 5.52. The van der Waals surface area contributed by atoms with Gasteiger partial charge in [-0.2, -0.15) is 0 Å². The normalized spacial score (nSPS) is 14.3. The van der Waals surface area contributed by atoms with Gasteiger partial charge in [0.1, 0.15) is 4.21 Å². The third-order valence-corrected chi connectivity index (χ3v) is 6.12. The van der Waals surface area contributed by atoms with Crippen molar-refractivity contribution in [2.24, 2.45) is 5.41 Å².